The maximum Gasteiger partial charge on any atom is 0.134 e. The minimum absolute atomic E-state index is 0.244. The Hall–Kier alpha value is -2.12. The van der Waals surface area contributed by atoms with Crippen molar-refractivity contribution in [3.05, 3.63) is 87.3 Å². The molecule has 0 spiro atoms. The van der Waals surface area contributed by atoms with Gasteiger partial charge in [0.05, 0.1) is 4.34 Å². The summed E-state index contributed by atoms with van der Waals surface area (Å²) in [5.41, 5.74) is 2.15. The van der Waals surface area contributed by atoms with Crippen LogP contribution in [0.1, 0.15) is 17.2 Å². The van der Waals surface area contributed by atoms with Crippen LogP contribution < -0.4 is 0 Å². The molecule has 1 atom stereocenters. The molecule has 1 aromatic carbocycles. The third kappa shape index (κ3) is 3.53. The Bertz CT molecular complexity index is 1090. The minimum Gasteiger partial charge on any atom is -0.384 e. The second kappa shape index (κ2) is 7.48. The van der Waals surface area contributed by atoms with Crippen molar-refractivity contribution in [3.8, 4) is 20.9 Å². The molecule has 0 saturated carbocycles. The van der Waals surface area contributed by atoms with E-state index in [9.17, 15) is 13.9 Å². The van der Waals surface area contributed by atoms with Gasteiger partial charge in [0, 0.05) is 55.8 Å². The molecule has 0 amide bonds. The predicted molar refractivity (Wildman–Crippen MR) is 106 cm³/mol. The van der Waals surface area contributed by atoms with E-state index in [1.165, 1.54) is 34.8 Å². The van der Waals surface area contributed by atoms with E-state index >= 15 is 0 Å². The van der Waals surface area contributed by atoms with Crippen LogP contribution in [0.5, 0.6) is 0 Å². The molecule has 0 aliphatic rings. The highest BCUT2D eigenvalue weighted by Gasteiger charge is 2.25. The maximum absolute atomic E-state index is 14.5. The lowest BCUT2D eigenvalue weighted by atomic mass is 9.96. The largest absolute Gasteiger partial charge is 0.384 e. The molecule has 2 nitrogen and oxygen atoms in total. The highest BCUT2D eigenvalue weighted by atomic mass is 35.5. The fourth-order valence-electron chi connectivity index (χ4n) is 2.88. The Morgan fingerprint density at radius 2 is 1.93 bits per heavy atom. The number of thiophene rings is 2. The highest BCUT2D eigenvalue weighted by molar-refractivity contribution is 7.20. The summed E-state index contributed by atoms with van der Waals surface area (Å²) in [5, 5.41) is 12.9. The SMILES string of the molecule is OC(c1cccnc1)c1c(-c2ccc(Cl)s2)csc1-c1ccc(F)cc1F. The number of nitrogens with zero attached hydrogens (tertiary/aromatic N) is 1. The van der Waals surface area contributed by atoms with Crippen molar-refractivity contribution in [2.45, 2.75) is 6.10 Å². The van der Waals surface area contributed by atoms with E-state index in [4.69, 9.17) is 11.6 Å². The van der Waals surface area contributed by atoms with Gasteiger partial charge in [0.1, 0.15) is 17.7 Å². The van der Waals surface area contributed by atoms with Gasteiger partial charge in [0.2, 0.25) is 0 Å². The standard InChI is InChI=1S/C20H12ClF2NOS2/c21-17-6-5-16(27-17)14-10-26-20(13-4-3-12(22)8-15(13)23)18(14)19(25)11-2-1-7-24-9-11/h1-10,19,25H. The second-order valence-electron chi connectivity index (χ2n) is 5.81. The summed E-state index contributed by atoms with van der Waals surface area (Å²) in [6.07, 6.45) is 2.17. The maximum atomic E-state index is 14.5. The number of halogens is 3. The third-order valence-electron chi connectivity index (χ3n) is 4.12. The quantitative estimate of drug-likeness (QED) is 0.406. The molecule has 0 aliphatic heterocycles. The van der Waals surface area contributed by atoms with Crippen molar-refractivity contribution in [2.75, 3.05) is 0 Å². The minimum atomic E-state index is -1.01. The van der Waals surface area contributed by atoms with E-state index in [0.717, 1.165) is 16.5 Å². The van der Waals surface area contributed by atoms with Crippen molar-refractivity contribution in [1.29, 1.82) is 0 Å². The van der Waals surface area contributed by atoms with Gasteiger partial charge >= 0.3 is 0 Å². The first-order chi connectivity index (χ1) is 13.0. The summed E-state index contributed by atoms with van der Waals surface area (Å²) in [4.78, 5) is 5.46. The number of hydrogen-bond donors (Lipinski definition) is 1. The van der Waals surface area contributed by atoms with Crippen LogP contribution in [0.3, 0.4) is 0 Å². The summed E-state index contributed by atoms with van der Waals surface area (Å²) in [6.45, 7) is 0. The molecule has 4 aromatic rings. The zero-order chi connectivity index (χ0) is 19.0. The molecule has 7 heteroatoms. The molecule has 3 aromatic heterocycles. The van der Waals surface area contributed by atoms with Gasteiger partial charge in [-0.25, -0.2) is 8.78 Å². The molecule has 0 saturated heterocycles. The van der Waals surface area contributed by atoms with Crippen LogP contribution in [0.15, 0.2) is 60.2 Å². The zero-order valence-electron chi connectivity index (χ0n) is 13.7. The van der Waals surface area contributed by atoms with Crippen LogP contribution >= 0.6 is 34.3 Å². The van der Waals surface area contributed by atoms with Gasteiger partial charge in [-0.3, -0.25) is 4.98 Å². The van der Waals surface area contributed by atoms with Gasteiger partial charge in [-0.15, -0.1) is 22.7 Å². The van der Waals surface area contributed by atoms with Crippen molar-refractivity contribution >= 4 is 34.3 Å². The van der Waals surface area contributed by atoms with Gasteiger partial charge in [0.25, 0.3) is 0 Å². The first kappa shape index (κ1) is 18.3. The zero-order valence-corrected chi connectivity index (χ0v) is 16.1. The monoisotopic (exact) mass is 419 g/mol. The summed E-state index contributed by atoms with van der Waals surface area (Å²) in [5.74, 6) is -1.32. The molecule has 0 radical (unpaired) electrons. The van der Waals surface area contributed by atoms with Crippen molar-refractivity contribution < 1.29 is 13.9 Å². The number of aliphatic hydroxyl groups is 1. The van der Waals surface area contributed by atoms with Gasteiger partial charge in [0.15, 0.2) is 0 Å². The molecular formula is C20H12ClF2NOS2. The normalized spacial score (nSPS) is 12.3. The fraction of sp³-hybridized carbons (Fsp3) is 0.0500. The summed E-state index contributed by atoms with van der Waals surface area (Å²) >= 11 is 8.74. The van der Waals surface area contributed by atoms with E-state index < -0.39 is 17.7 Å². The Morgan fingerprint density at radius 3 is 2.59 bits per heavy atom. The van der Waals surface area contributed by atoms with Crippen LogP contribution in [-0.4, -0.2) is 10.1 Å². The van der Waals surface area contributed by atoms with Crippen LogP contribution in [0.2, 0.25) is 4.34 Å². The number of aromatic nitrogens is 1. The van der Waals surface area contributed by atoms with Crippen LogP contribution in [0.4, 0.5) is 8.78 Å². The van der Waals surface area contributed by atoms with Gasteiger partial charge < -0.3 is 5.11 Å². The molecular weight excluding hydrogens is 408 g/mol. The third-order valence-corrected chi connectivity index (χ3v) is 6.41. The van der Waals surface area contributed by atoms with E-state index in [-0.39, 0.29) is 5.56 Å². The average Bonchev–Trinajstić information content (AvgIpc) is 3.28. The first-order valence-electron chi connectivity index (χ1n) is 7.95. The number of benzene rings is 1. The molecule has 1 N–H and O–H groups in total. The van der Waals surface area contributed by atoms with Gasteiger partial charge in [-0.05, 0) is 30.3 Å². The Morgan fingerprint density at radius 1 is 1.07 bits per heavy atom. The van der Waals surface area contributed by atoms with Gasteiger partial charge in [-0.2, -0.15) is 0 Å². The molecule has 3 heterocycles. The van der Waals surface area contributed by atoms with E-state index in [1.54, 1.807) is 30.6 Å². The molecule has 0 fully saturated rings. The first-order valence-corrected chi connectivity index (χ1v) is 10.0. The van der Waals surface area contributed by atoms with Crippen molar-refractivity contribution in [1.82, 2.24) is 4.98 Å². The summed E-state index contributed by atoms with van der Waals surface area (Å²) in [7, 11) is 0. The second-order valence-corrected chi connectivity index (χ2v) is 8.40. The number of aliphatic hydroxyl groups excluding tert-OH is 1. The molecule has 4 rings (SSSR count). The molecule has 0 aliphatic carbocycles. The fourth-order valence-corrected chi connectivity index (χ4v) is 5.15. The topological polar surface area (TPSA) is 33.1 Å². The number of rotatable bonds is 4. The van der Waals surface area contributed by atoms with Crippen molar-refractivity contribution in [3.63, 3.8) is 0 Å². The van der Waals surface area contributed by atoms with E-state index in [1.807, 2.05) is 11.4 Å². The van der Waals surface area contributed by atoms with Crippen molar-refractivity contribution in [2.24, 2.45) is 0 Å². The lowest BCUT2D eigenvalue weighted by Gasteiger charge is -2.15. The van der Waals surface area contributed by atoms with Crippen LogP contribution in [0.25, 0.3) is 20.9 Å². The Labute approximate surface area is 167 Å². The summed E-state index contributed by atoms with van der Waals surface area (Å²) < 4.78 is 28.4. The molecule has 0 bridgehead atoms. The highest BCUT2D eigenvalue weighted by Crippen LogP contribution is 2.46. The molecule has 27 heavy (non-hydrogen) atoms. The Kier molecular flexibility index (Phi) is 5.06. The lowest BCUT2D eigenvalue weighted by molar-refractivity contribution is 0.221. The molecule has 1 unspecified atom stereocenters. The van der Waals surface area contributed by atoms with Crippen LogP contribution in [-0.2, 0) is 0 Å². The van der Waals surface area contributed by atoms with E-state index in [2.05, 4.69) is 4.98 Å². The molecule has 136 valence electrons. The smallest absolute Gasteiger partial charge is 0.134 e. The number of pyridine rings is 1. The van der Waals surface area contributed by atoms with Crippen LogP contribution in [0, 0.1) is 11.6 Å². The number of hydrogen-bond acceptors (Lipinski definition) is 4. The lowest BCUT2D eigenvalue weighted by Crippen LogP contribution is -2.02. The van der Waals surface area contributed by atoms with E-state index in [0.29, 0.717) is 20.3 Å². The summed E-state index contributed by atoms with van der Waals surface area (Å²) in [6, 6.07) is 10.6. The van der Waals surface area contributed by atoms with Gasteiger partial charge in [-0.1, -0.05) is 17.7 Å². The Balaban J connectivity index is 1.93. The average molecular weight is 420 g/mol. The predicted octanol–water partition coefficient (Wildman–Crippen LogP) is 6.55.